The second-order valence-electron chi connectivity index (χ2n) is 3.97. The van der Waals surface area contributed by atoms with E-state index in [9.17, 15) is 5.11 Å². The molecule has 1 aromatic heterocycles. The fraction of sp³-hybridized carbons (Fsp3) is 0.700. The summed E-state index contributed by atoms with van der Waals surface area (Å²) in [5.74, 6) is 0. The van der Waals surface area contributed by atoms with Crippen LogP contribution in [0.4, 0.5) is 0 Å². The molecule has 1 saturated heterocycles. The Morgan fingerprint density at radius 2 is 2.57 bits per heavy atom. The molecule has 2 heterocycles. The first-order chi connectivity index (χ1) is 6.73. The van der Waals surface area contributed by atoms with Crippen LogP contribution < -0.4 is 5.32 Å². The summed E-state index contributed by atoms with van der Waals surface area (Å²) in [4.78, 5) is 0. The van der Waals surface area contributed by atoms with E-state index in [1.54, 1.807) is 6.20 Å². The minimum Gasteiger partial charge on any atom is -0.388 e. The highest BCUT2D eigenvalue weighted by Gasteiger charge is 2.31. The Bertz CT molecular complexity index is 302. The van der Waals surface area contributed by atoms with E-state index in [-0.39, 0.29) is 0 Å². The second-order valence-corrected chi connectivity index (χ2v) is 3.97. The molecule has 14 heavy (non-hydrogen) atoms. The predicted molar refractivity (Wildman–Crippen MR) is 54.0 cm³/mol. The van der Waals surface area contributed by atoms with Gasteiger partial charge in [-0.1, -0.05) is 0 Å². The third-order valence-electron chi connectivity index (χ3n) is 2.84. The maximum atomic E-state index is 10.2. The lowest BCUT2D eigenvalue weighted by Crippen LogP contribution is -2.34. The second kappa shape index (κ2) is 3.71. The molecule has 4 nitrogen and oxygen atoms in total. The summed E-state index contributed by atoms with van der Waals surface area (Å²) in [6, 6.07) is 1.99. The zero-order valence-electron chi connectivity index (χ0n) is 8.53. The zero-order valence-corrected chi connectivity index (χ0v) is 8.53. The van der Waals surface area contributed by atoms with Crippen molar-refractivity contribution in [2.45, 2.75) is 31.9 Å². The van der Waals surface area contributed by atoms with Crippen molar-refractivity contribution in [2.24, 2.45) is 0 Å². The van der Waals surface area contributed by atoms with E-state index >= 15 is 0 Å². The zero-order chi connectivity index (χ0) is 10.0. The Morgan fingerprint density at radius 1 is 1.71 bits per heavy atom. The molecule has 0 radical (unpaired) electrons. The molecule has 0 bridgehead atoms. The topological polar surface area (TPSA) is 50.1 Å². The van der Waals surface area contributed by atoms with Crippen LogP contribution >= 0.6 is 0 Å². The van der Waals surface area contributed by atoms with Crippen LogP contribution in [-0.2, 0) is 13.0 Å². The molecule has 1 unspecified atom stereocenters. The minimum atomic E-state index is -0.563. The third-order valence-corrected chi connectivity index (χ3v) is 2.84. The summed E-state index contributed by atoms with van der Waals surface area (Å²) in [6.45, 7) is 4.54. The van der Waals surface area contributed by atoms with Gasteiger partial charge < -0.3 is 10.4 Å². The van der Waals surface area contributed by atoms with Gasteiger partial charge in [0.05, 0.1) is 5.60 Å². The van der Waals surface area contributed by atoms with Crippen LogP contribution in [0.3, 0.4) is 0 Å². The van der Waals surface area contributed by atoms with Gasteiger partial charge in [0, 0.05) is 31.4 Å². The van der Waals surface area contributed by atoms with Crippen molar-refractivity contribution in [3.8, 4) is 0 Å². The van der Waals surface area contributed by atoms with Gasteiger partial charge in [-0.15, -0.1) is 0 Å². The molecule has 1 aliphatic heterocycles. The van der Waals surface area contributed by atoms with Crippen LogP contribution in [0.1, 0.15) is 19.0 Å². The molecular formula is C10H17N3O. The van der Waals surface area contributed by atoms with E-state index in [1.165, 1.54) is 0 Å². The number of rotatable bonds is 3. The number of hydrogen-bond acceptors (Lipinski definition) is 3. The molecular weight excluding hydrogens is 178 g/mol. The van der Waals surface area contributed by atoms with Crippen LogP contribution in [0.5, 0.6) is 0 Å². The van der Waals surface area contributed by atoms with Crippen molar-refractivity contribution in [1.82, 2.24) is 15.1 Å². The number of aryl methyl sites for hydroxylation is 1. The van der Waals surface area contributed by atoms with Crippen molar-refractivity contribution in [1.29, 1.82) is 0 Å². The van der Waals surface area contributed by atoms with E-state index in [2.05, 4.69) is 17.3 Å². The number of nitrogens with one attached hydrogen (secondary N) is 1. The Balaban J connectivity index is 2.09. The Hall–Kier alpha value is -0.870. The maximum absolute atomic E-state index is 10.2. The van der Waals surface area contributed by atoms with Crippen LogP contribution in [-0.4, -0.2) is 33.6 Å². The molecule has 2 rings (SSSR count). The highest BCUT2D eigenvalue weighted by molar-refractivity contribution is 5.07. The molecule has 0 amide bonds. The average molecular weight is 195 g/mol. The fourth-order valence-corrected chi connectivity index (χ4v) is 2.01. The molecule has 0 aliphatic carbocycles. The van der Waals surface area contributed by atoms with E-state index in [0.29, 0.717) is 13.0 Å². The van der Waals surface area contributed by atoms with Gasteiger partial charge in [-0.25, -0.2) is 0 Å². The molecule has 1 atom stereocenters. The van der Waals surface area contributed by atoms with Crippen LogP contribution in [0.15, 0.2) is 12.3 Å². The SMILES string of the molecule is CCn1nccc1CC1(O)CCNC1. The number of hydrogen-bond donors (Lipinski definition) is 2. The van der Waals surface area contributed by atoms with E-state index < -0.39 is 5.60 Å². The summed E-state index contributed by atoms with van der Waals surface area (Å²) in [7, 11) is 0. The average Bonchev–Trinajstić information content (AvgIpc) is 2.75. The molecule has 4 heteroatoms. The van der Waals surface area contributed by atoms with Crippen molar-refractivity contribution in [3.63, 3.8) is 0 Å². The standard InChI is InChI=1S/C10H17N3O/c1-2-13-9(3-5-12-13)7-10(14)4-6-11-8-10/h3,5,11,14H,2,4,6-8H2,1H3. The quantitative estimate of drug-likeness (QED) is 0.723. The molecule has 78 valence electrons. The summed E-state index contributed by atoms with van der Waals surface area (Å²) in [6.07, 6.45) is 3.33. The molecule has 1 fully saturated rings. The fourth-order valence-electron chi connectivity index (χ4n) is 2.01. The van der Waals surface area contributed by atoms with Crippen molar-refractivity contribution < 1.29 is 5.11 Å². The molecule has 0 spiro atoms. The lowest BCUT2D eigenvalue weighted by atomic mass is 9.97. The molecule has 1 aromatic rings. The van der Waals surface area contributed by atoms with Gasteiger partial charge in [0.25, 0.3) is 0 Å². The highest BCUT2D eigenvalue weighted by atomic mass is 16.3. The van der Waals surface area contributed by atoms with Gasteiger partial charge in [-0.05, 0) is 26.0 Å². The van der Waals surface area contributed by atoms with Crippen molar-refractivity contribution in [3.05, 3.63) is 18.0 Å². The lowest BCUT2D eigenvalue weighted by molar-refractivity contribution is 0.0597. The summed E-state index contributed by atoms with van der Waals surface area (Å²) in [5, 5.41) is 17.6. The number of nitrogens with zero attached hydrogens (tertiary/aromatic N) is 2. The van der Waals surface area contributed by atoms with Crippen LogP contribution in [0, 0.1) is 0 Å². The van der Waals surface area contributed by atoms with Gasteiger partial charge in [-0.3, -0.25) is 4.68 Å². The van der Waals surface area contributed by atoms with Crippen LogP contribution in [0.2, 0.25) is 0 Å². The highest BCUT2D eigenvalue weighted by Crippen LogP contribution is 2.19. The summed E-state index contributed by atoms with van der Waals surface area (Å²) < 4.78 is 1.94. The largest absolute Gasteiger partial charge is 0.388 e. The van der Waals surface area contributed by atoms with Gasteiger partial charge in [-0.2, -0.15) is 5.10 Å². The maximum Gasteiger partial charge on any atom is 0.0838 e. The Labute approximate surface area is 83.9 Å². The van der Waals surface area contributed by atoms with E-state index in [0.717, 1.165) is 25.2 Å². The normalized spacial score (nSPS) is 27.0. The molecule has 0 aromatic carbocycles. The first kappa shape index (κ1) is 9.68. The molecule has 0 saturated carbocycles. The summed E-state index contributed by atoms with van der Waals surface area (Å²) in [5.41, 5.74) is 0.561. The van der Waals surface area contributed by atoms with Gasteiger partial charge in [0.2, 0.25) is 0 Å². The predicted octanol–water partition coefficient (Wildman–Crippen LogP) is 0.170. The van der Waals surface area contributed by atoms with Gasteiger partial charge in [0.1, 0.15) is 0 Å². The first-order valence-electron chi connectivity index (χ1n) is 5.17. The van der Waals surface area contributed by atoms with E-state index in [1.807, 2.05) is 10.7 Å². The molecule has 2 N–H and O–H groups in total. The number of aromatic nitrogens is 2. The first-order valence-corrected chi connectivity index (χ1v) is 5.17. The van der Waals surface area contributed by atoms with Gasteiger partial charge in [0.15, 0.2) is 0 Å². The third kappa shape index (κ3) is 1.81. The van der Waals surface area contributed by atoms with Gasteiger partial charge >= 0.3 is 0 Å². The Kier molecular flexibility index (Phi) is 2.56. The van der Waals surface area contributed by atoms with Crippen LogP contribution in [0.25, 0.3) is 0 Å². The monoisotopic (exact) mass is 195 g/mol. The summed E-state index contributed by atoms with van der Waals surface area (Å²) >= 11 is 0. The Morgan fingerprint density at radius 3 is 3.21 bits per heavy atom. The minimum absolute atomic E-state index is 0.563. The smallest absolute Gasteiger partial charge is 0.0838 e. The van der Waals surface area contributed by atoms with Crippen molar-refractivity contribution in [2.75, 3.05) is 13.1 Å². The lowest BCUT2D eigenvalue weighted by Gasteiger charge is -2.21. The molecule has 1 aliphatic rings. The number of aliphatic hydroxyl groups is 1. The number of β-amino-alcohol motifs (C(OH)–C–C–N with tert-alkyl or cyclic N) is 1. The van der Waals surface area contributed by atoms with E-state index in [4.69, 9.17) is 0 Å². The van der Waals surface area contributed by atoms with Crippen molar-refractivity contribution >= 4 is 0 Å².